The predicted octanol–water partition coefficient (Wildman–Crippen LogP) is 3.67. The second-order valence-electron chi connectivity index (χ2n) is 5.39. The molecule has 0 aliphatic carbocycles. The van der Waals surface area contributed by atoms with Crippen LogP contribution in [0.2, 0.25) is 5.15 Å². The van der Waals surface area contributed by atoms with Gasteiger partial charge >= 0.3 is 0 Å². The molecule has 2 aromatic heterocycles. The van der Waals surface area contributed by atoms with Gasteiger partial charge in [0.15, 0.2) is 0 Å². The van der Waals surface area contributed by atoms with Crippen LogP contribution in [-0.4, -0.2) is 10.9 Å². The number of nitrogen functional groups attached to an aromatic ring is 1. The third-order valence-electron chi connectivity index (χ3n) is 3.60. The molecule has 0 spiro atoms. The number of aromatic nitrogens is 2. The smallest absolute Gasteiger partial charge is 0.285 e. The lowest BCUT2D eigenvalue weighted by atomic mass is 10.2. The van der Waals surface area contributed by atoms with Gasteiger partial charge in [0.1, 0.15) is 17.3 Å². The maximum absolute atomic E-state index is 12.5. The standard InChI is InChI=1S/C18H14BrClN4O/c19-13-4-6-14(7-5-13)23-18(25)15-2-1-9-24(17(15)21)11-12-3-8-16(20)22-10-12/h1-10,21H,11H2,(H,23,25)/p+1. The fourth-order valence-electron chi connectivity index (χ4n) is 2.32. The Morgan fingerprint density at radius 1 is 1.20 bits per heavy atom. The van der Waals surface area contributed by atoms with E-state index in [0.717, 1.165) is 10.0 Å². The van der Waals surface area contributed by atoms with Gasteiger partial charge in [-0.25, -0.2) is 9.55 Å². The Hall–Kier alpha value is -2.44. The van der Waals surface area contributed by atoms with Crippen LogP contribution in [0, 0.1) is 0 Å². The number of nitrogens with zero attached hydrogens (tertiary/aromatic N) is 2. The third-order valence-corrected chi connectivity index (χ3v) is 4.35. The predicted molar refractivity (Wildman–Crippen MR) is 101 cm³/mol. The number of amides is 1. The van der Waals surface area contributed by atoms with Crippen LogP contribution in [-0.2, 0) is 6.54 Å². The van der Waals surface area contributed by atoms with Gasteiger partial charge in [-0.2, -0.15) is 0 Å². The van der Waals surface area contributed by atoms with Crippen LogP contribution in [0.5, 0.6) is 0 Å². The van der Waals surface area contributed by atoms with Gasteiger partial charge in [-0.3, -0.25) is 10.5 Å². The zero-order valence-electron chi connectivity index (χ0n) is 13.1. The van der Waals surface area contributed by atoms with E-state index in [2.05, 4.69) is 26.2 Å². The van der Waals surface area contributed by atoms with Crippen LogP contribution in [0.3, 0.4) is 0 Å². The molecule has 2 heterocycles. The molecular formula is C18H15BrClN4O+. The van der Waals surface area contributed by atoms with Crippen LogP contribution in [0.1, 0.15) is 15.9 Å². The van der Waals surface area contributed by atoms with E-state index in [0.29, 0.717) is 28.8 Å². The molecule has 3 rings (SSSR count). The summed E-state index contributed by atoms with van der Waals surface area (Å²) in [5.74, 6) is 0.121. The van der Waals surface area contributed by atoms with Crippen molar-refractivity contribution in [3.8, 4) is 0 Å². The zero-order chi connectivity index (χ0) is 17.8. The van der Waals surface area contributed by atoms with Gasteiger partial charge in [-0.1, -0.05) is 33.6 Å². The first kappa shape index (κ1) is 17.4. The van der Waals surface area contributed by atoms with E-state index in [1.165, 1.54) is 0 Å². The summed E-state index contributed by atoms with van der Waals surface area (Å²) in [5, 5.41) is 3.28. The van der Waals surface area contributed by atoms with E-state index in [4.69, 9.17) is 17.3 Å². The second-order valence-corrected chi connectivity index (χ2v) is 6.69. The number of nitrogens with two attached hydrogens (primary N) is 1. The number of carbonyl (C=O) groups is 1. The first-order valence-electron chi connectivity index (χ1n) is 7.48. The molecule has 5 nitrogen and oxygen atoms in total. The summed E-state index contributed by atoms with van der Waals surface area (Å²) < 4.78 is 2.74. The molecule has 0 bridgehead atoms. The Balaban J connectivity index is 1.81. The van der Waals surface area contributed by atoms with Gasteiger partial charge in [0.05, 0.1) is 6.20 Å². The normalized spacial score (nSPS) is 10.5. The Kier molecular flexibility index (Phi) is 5.31. The highest BCUT2D eigenvalue weighted by Crippen LogP contribution is 2.16. The number of hydrogen-bond acceptors (Lipinski definition) is 3. The molecule has 3 N–H and O–H groups in total. The van der Waals surface area contributed by atoms with Crippen molar-refractivity contribution >= 4 is 44.9 Å². The van der Waals surface area contributed by atoms with Gasteiger partial charge in [-0.05, 0) is 42.5 Å². The van der Waals surface area contributed by atoms with E-state index < -0.39 is 0 Å². The Labute approximate surface area is 158 Å². The Morgan fingerprint density at radius 3 is 2.64 bits per heavy atom. The third kappa shape index (κ3) is 4.35. The highest BCUT2D eigenvalue weighted by atomic mass is 79.9. The van der Waals surface area contributed by atoms with Crippen molar-refractivity contribution in [1.82, 2.24) is 4.98 Å². The van der Waals surface area contributed by atoms with E-state index in [-0.39, 0.29) is 5.91 Å². The fourth-order valence-corrected chi connectivity index (χ4v) is 2.70. The molecule has 7 heteroatoms. The molecule has 1 aromatic carbocycles. The first-order chi connectivity index (χ1) is 12.0. The fraction of sp³-hybridized carbons (Fsp3) is 0.0556. The van der Waals surface area contributed by atoms with Gasteiger partial charge in [0.2, 0.25) is 0 Å². The lowest BCUT2D eigenvalue weighted by Gasteiger charge is -2.09. The lowest BCUT2D eigenvalue weighted by Crippen LogP contribution is -2.39. The Morgan fingerprint density at radius 2 is 1.96 bits per heavy atom. The maximum atomic E-state index is 12.5. The number of benzene rings is 1. The van der Waals surface area contributed by atoms with Crippen LogP contribution in [0.15, 0.2) is 65.4 Å². The summed E-state index contributed by atoms with van der Waals surface area (Å²) in [6, 6.07) is 14.4. The Bertz CT molecular complexity index is 898. The molecule has 0 aliphatic heterocycles. The zero-order valence-corrected chi connectivity index (χ0v) is 15.5. The van der Waals surface area contributed by atoms with Crippen molar-refractivity contribution < 1.29 is 9.36 Å². The van der Waals surface area contributed by atoms with E-state index in [9.17, 15) is 4.79 Å². The molecule has 3 aromatic rings. The van der Waals surface area contributed by atoms with E-state index in [1.54, 1.807) is 29.0 Å². The molecule has 0 aliphatic rings. The molecule has 0 fully saturated rings. The molecule has 0 radical (unpaired) electrons. The van der Waals surface area contributed by atoms with Gasteiger partial charge < -0.3 is 5.32 Å². The molecule has 0 atom stereocenters. The quantitative estimate of drug-likeness (QED) is 0.501. The minimum Gasteiger partial charge on any atom is -0.322 e. The monoisotopic (exact) mass is 417 g/mol. The van der Waals surface area contributed by atoms with Gasteiger partial charge in [-0.15, -0.1) is 0 Å². The van der Waals surface area contributed by atoms with Crippen molar-refractivity contribution in [3.05, 3.63) is 81.7 Å². The van der Waals surface area contributed by atoms with Crippen molar-refractivity contribution in [3.63, 3.8) is 0 Å². The number of carbonyl (C=O) groups excluding carboxylic acids is 1. The summed E-state index contributed by atoms with van der Waals surface area (Å²) in [6.07, 6.45) is 3.50. The molecule has 1 amide bonds. The minimum atomic E-state index is -0.261. The van der Waals surface area contributed by atoms with Crippen molar-refractivity contribution in [2.24, 2.45) is 0 Å². The average molecular weight is 419 g/mol. The lowest BCUT2D eigenvalue weighted by molar-refractivity contribution is -0.674. The minimum absolute atomic E-state index is 0.261. The maximum Gasteiger partial charge on any atom is 0.285 e. The number of pyridine rings is 2. The van der Waals surface area contributed by atoms with Crippen molar-refractivity contribution in [1.29, 1.82) is 0 Å². The number of hydrogen-bond donors (Lipinski definition) is 2. The highest BCUT2D eigenvalue weighted by molar-refractivity contribution is 9.10. The van der Waals surface area contributed by atoms with Crippen molar-refractivity contribution in [2.75, 3.05) is 11.1 Å². The number of halogens is 2. The second kappa shape index (κ2) is 7.63. The van der Waals surface area contributed by atoms with Gasteiger partial charge in [0, 0.05) is 21.9 Å². The summed E-state index contributed by atoms with van der Waals surface area (Å²) in [5.41, 5.74) is 8.23. The molecule has 0 unspecified atom stereocenters. The van der Waals surface area contributed by atoms with Crippen molar-refractivity contribution in [2.45, 2.75) is 6.54 Å². The number of nitrogens with one attached hydrogen (secondary N) is 1. The summed E-state index contributed by atoms with van der Waals surface area (Å²) in [4.78, 5) is 16.6. The SMILES string of the molecule is Nc1c(C(=O)Nc2ccc(Br)cc2)ccc[n+]1Cc1ccc(Cl)nc1. The number of anilines is 2. The summed E-state index contributed by atoms with van der Waals surface area (Å²) >= 11 is 9.17. The largest absolute Gasteiger partial charge is 0.322 e. The summed E-state index contributed by atoms with van der Waals surface area (Å²) in [7, 11) is 0. The van der Waals surface area contributed by atoms with Crippen LogP contribution in [0.25, 0.3) is 0 Å². The van der Waals surface area contributed by atoms with Crippen LogP contribution < -0.4 is 15.6 Å². The first-order valence-corrected chi connectivity index (χ1v) is 8.65. The van der Waals surface area contributed by atoms with E-state index >= 15 is 0 Å². The molecule has 126 valence electrons. The molecule has 0 saturated carbocycles. The topological polar surface area (TPSA) is 71.9 Å². The van der Waals surface area contributed by atoms with E-state index in [1.807, 2.05) is 36.5 Å². The van der Waals surface area contributed by atoms with Crippen LogP contribution >= 0.6 is 27.5 Å². The highest BCUT2D eigenvalue weighted by Gasteiger charge is 2.18. The summed E-state index contributed by atoms with van der Waals surface area (Å²) in [6.45, 7) is 0.495. The average Bonchev–Trinajstić information content (AvgIpc) is 2.60. The van der Waals surface area contributed by atoms with Crippen LogP contribution in [0.4, 0.5) is 11.5 Å². The molecule has 25 heavy (non-hydrogen) atoms. The number of rotatable bonds is 4. The molecule has 0 saturated heterocycles. The van der Waals surface area contributed by atoms with Gasteiger partial charge in [0.25, 0.3) is 11.7 Å². The molecular weight excluding hydrogens is 404 g/mol.